The maximum Gasteiger partial charge on any atom is 0.169 e. The van der Waals surface area contributed by atoms with E-state index < -0.39 is 0 Å². The molecule has 5 nitrogen and oxygen atoms in total. The van der Waals surface area contributed by atoms with E-state index in [0.717, 1.165) is 16.0 Å². The summed E-state index contributed by atoms with van der Waals surface area (Å²) >= 11 is 3.34. The van der Waals surface area contributed by atoms with Gasteiger partial charge in [0, 0.05) is 17.2 Å². The summed E-state index contributed by atoms with van der Waals surface area (Å²) in [5.74, 6) is 0.730. The van der Waals surface area contributed by atoms with Crippen molar-refractivity contribution in [2.45, 2.75) is 6.54 Å². The van der Waals surface area contributed by atoms with E-state index >= 15 is 0 Å². The van der Waals surface area contributed by atoms with Gasteiger partial charge >= 0.3 is 0 Å². The van der Waals surface area contributed by atoms with Gasteiger partial charge in [0.15, 0.2) is 5.82 Å². The number of aryl methyl sites for hydroxylation is 1. The number of rotatable bonds is 3. The molecule has 1 N–H and O–H groups in total. The third-order valence-corrected chi connectivity index (χ3v) is 2.84. The lowest BCUT2D eigenvalue weighted by atomic mass is 10.2. The van der Waals surface area contributed by atoms with Crippen LogP contribution in [0, 0.1) is 11.3 Å². The largest absolute Gasteiger partial charge is 0.378 e. The van der Waals surface area contributed by atoms with E-state index in [4.69, 9.17) is 5.26 Å². The van der Waals surface area contributed by atoms with Crippen LogP contribution in [0.3, 0.4) is 0 Å². The average molecular weight is 292 g/mol. The molecule has 1 aromatic heterocycles. The molecule has 1 heterocycles. The van der Waals surface area contributed by atoms with Crippen LogP contribution in [-0.4, -0.2) is 14.8 Å². The number of benzene rings is 1. The summed E-state index contributed by atoms with van der Waals surface area (Å²) in [6.07, 6.45) is 1.66. The maximum absolute atomic E-state index is 8.80. The highest BCUT2D eigenvalue weighted by atomic mass is 79.9. The number of nitrogens with one attached hydrogen (secondary N) is 1. The fraction of sp³-hybridized carbons (Fsp3) is 0.182. The Bertz CT molecular complexity index is 569. The van der Waals surface area contributed by atoms with E-state index in [0.29, 0.717) is 12.1 Å². The molecule has 0 amide bonds. The molecule has 6 heteroatoms. The summed E-state index contributed by atoms with van der Waals surface area (Å²) in [6, 6.07) is 7.58. The van der Waals surface area contributed by atoms with Crippen molar-refractivity contribution in [3.63, 3.8) is 0 Å². The normalized spacial score (nSPS) is 9.94. The van der Waals surface area contributed by atoms with Crippen molar-refractivity contribution in [2.75, 3.05) is 5.32 Å². The summed E-state index contributed by atoms with van der Waals surface area (Å²) in [4.78, 5) is 4.11. The first-order valence-electron chi connectivity index (χ1n) is 4.97. The highest BCUT2D eigenvalue weighted by Crippen LogP contribution is 2.20. The molecule has 0 radical (unpaired) electrons. The third-order valence-electron chi connectivity index (χ3n) is 2.19. The van der Waals surface area contributed by atoms with Crippen molar-refractivity contribution in [2.24, 2.45) is 7.05 Å². The van der Waals surface area contributed by atoms with E-state index in [1.165, 1.54) is 0 Å². The Labute approximate surface area is 107 Å². The Kier molecular flexibility index (Phi) is 3.40. The van der Waals surface area contributed by atoms with Gasteiger partial charge in [-0.05, 0) is 34.1 Å². The highest BCUT2D eigenvalue weighted by Gasteiger charge is 2.02. The molecule has 2 rings (SSSR count). The second-order valence-electron chi connectivity index (χ2n) is 3.49. The predicted molar refractivity (Wildman–Crippen MR) is 67.2 cm³/mol. The molecule has 0 bridgehead atoms. The molecule has 0 aliphatic carbocycles. The summed E-state index contributed by atoms with van der Waals surface area (Å²) in [6.45, 7) is 0.555. The number of nitrogens with zero attached hydrogens (tertiary/aromatic N) is 4. The van der Waals surface area contributed by atoms with Crippen LogP contribution in [0.5, 0.6) is 0 Å². The number of hydrogen-bond acceptors (Lipinski definition) is 4. The van der Waals surface area contributed by atoms with Crippen molar-refractivity contribution < 1.29 is 0 Å². The van der Waals surface area contributed by atoms with Crippen molar-refractivity contribution >= 4 is 21.6 Å². The van der Waals surface area contributed by atoms with Crippen molar-refractivity contribution in [3.8, 4) is 6.07 Å². The van der Waals surface area contributed by atoms with Gasteiger partial charge in [0.05, 0.1) is 12.1 Å². The van der Waals surface area contributed by atoms with Crippen LogP contribution >= 0.6 is 15.9 Å². The van der Waals surface area contributed by atoms with Crippen molar-refractivity contribution in [1.82, 2.24) is 14.8 Å². The van der Waals surface area contributed by atoms with Crippen LogP contribution in [0.25, 0.3) is 0 Å². The summed E-state index contributed by atoms with van der Waals surface area (Å²) in [7, 11) is 1.83. The predicted octanol–water partition coefficient (Wildman–Crippen LogP) is 2.06. The Morgan fingerprint density at radius 3 is 2.94 bits per heavy atom. The number of anilines is 1. The zero-order valence-electron chi connectivity index (χ0n) is 9.18. The van der Waals surface area contributed by atoms with Crippen molar-refractivity contribution in [1.29, 1.82) is 5.26 Å². The minimum absolute atomic E-state index is 0.555. The lowest BCUT2D eigenvalue weighted by molar-refractivity contribution is 0.747. The Hall–Kier alpha value is -1.87. The number of hydrogen-bond donors (Lipinski definition) is 1. The molecule has 2 aromatic rings. The first kappa shape index (κ1) is 11.6. The maximum atomic E-state index is 8.80. The molecule has 0 spiro atoms. The molecule has 0 aliphatic rings. The van der Waals surface area contributed by atoms with Gasteiger partial charge in [0.2, 0.25) is 0 Å². The van der Waals surface area contributed by atoms with Gasteiger partial charge in [-0.15, -0.1) is 0 Å². The third kappa shape index (κ3) is 2.82. The molecule has 0 aliphatic heterocycles. The summed E-state index contributed by atoms with van der Waals surface area (Å²) in [5, 5.41) is 16.1. The smallest absolute Gasteiger partial charge is 0.169 e. The summed E-state index contributed by atoms with van der Waals surface area (Å²) in [5.41, 5.74) is 1.54. The standard InChI is InChI=1S/C11H10BrN5/c1-17-7-15-11(16-17)6-14-9-3-2-8(5-13)10(12)4-9/h2-4,7,14H,6H2,1H3. The topological polar surface area (TPSA) is 66.5 Å². The Morgan fingerprint density at radius 2 is 2.35 bits per heavy atom. The van der Waals surface area contributed by atoms with Crippen LogP contribution in [0.15, 0.2) is 29.0 Å². The molecule has 0 fully saturated rings. The van der Waals surface area contributed by atoms with E-state index in [2.05, 4.69) is 37.4 Å². The number of halogens is 1. The minimum atomic E-state index is 0.555. The molecule has 0 atom stereocenters. The van der Waals surface area contributed by atoms with Gasteiger partial charge < -0.3 is 5.32 Å². The summed E-state index contributed by atoms with van der Waals surface area (Å²) < 4.78 is 2.44. The van der Waals surface area contributed by atoms with E-state index in [-0.39, 0.29) is 0 Å². The first-order valence-corrected chi connectivity index (χ1v) is 5.76. The Morgan fingerprint density at radius 1 is 1.53 bits per heavy atom. The van der Waals surface area contributed by atoms with Gasteiger partial charge in [-0.3, -0.25) is 4.68 Å². The lowest BCUT2D eigenvalue weighted by Crippen LogP contribution is -2.02. The molecule has 1 aromatic carbocycles. The van der Waals surface area contributed by atoms with Crippen LogP contribution in [0.2, 0.25) is 0 Å². The van der Waals surface area contributed by atoms with Gasteiger partial charge in [0.1, 0.15) is 12.4 Å². The monoisotopic (exact) mass is 291 g/mol. The molecule has 0 saturated carbocycles. The molecule has 86 valence electrons. The number of nitriles is 1. The second-order valence-corrected chi connectivity index (χ2v) is 4.35. The Balaban J connectivity index is 2.05. The van der Waals surface area contributed by atoms with Gasteiger partial charge in [-0.1, -0.05) is 0 Å². The molecule has 0 saturated heterocycles. The second kappa shape index (κ2) is 4.97. The van der Waals surface area contributed by atoms with Crippen LogP contribution in [0.4, 0.5) is 5.69 Å². The van der Waals surface area contributed by atoms with Crippen molar-refractivity contribution in [3.05, 3.63) is 40.4 Å². The lowest BCUT2D eigenvalue weighted by Gasteiger charge is -2.04. The average Bonchev–Trinajstić information content (AvgIpc) is 2.73. The zero-order chi connectivity index (χ0) is 12.3. The van der Waals surface area contributed by atoms with Gasteiger partial charge in [-0.25, -0.2) is 4.98 Å². The zero-order valence-corrected chi connectivity index (χ0v) is 10.8. The van der Waals surface area contributed by atoms with Crippen LogP contribution < -0.4 is 5.32 Å². The fourth-order valence-corrected chi connectivity index (χ4v) is 1.83. The fourth-order valence-electron chi connectivity index (χ4n) is 1.36. The quantitative estimate of drug-likeness (QED) is 0.940. The SMILES string of the molecule is Cn1cnc(CNc2ccc(C#N)c(Br)c2)n1. The van der Waals surface area contributed by atoms with Crippen LogP contribution in [0.1, 0.15) is 11.4 Å². The molecule has 17 heavy (non-hydrogen) atoms. The first-order chi connectivity index (χ1) is 8.19. The van der Waals surface area contributed by atoms with E-state index in [1.807, 2.05) is 19.2 Å². The van der Waals surface area contributed by atoms with E-state index in [9.17, 15) is 0 Å². The molecular weight excluding hydrogens is 282 g/mol. The van der Waals surface area contributed by atoms with Crippen LogP contribution in [-0.2, 0) is 13.6 Å². The minimum Gasteiger partial charge on any atom is -0.378 e. The molecular formula is C11H10BrN5. The van der Waals surface area contributed by atoms with Gasteiger partial charge in [-0.2, -0.15) is 10.4 Å². The van der Waals surface area contributed by atoms with E-state index in [1.54, 1.807) is 17.1 Å². The van der Waals surface area contributed by atoms with Gasteiger partial charge in [0.25, 0.3) is 0 Å². The highest BCUT2D eigenvalue weighted by molar-refractivity contribution is 9.10. The number of aromatic nitrogens is 3. The molecule has 0 unspecified atom stereocenters.